The maximum atomic E-state index is 10.5. The molecule has 1 aliphatic rings. The molecule has 1 aliphatic carbocycles. The maximum absolute atomic E-state index is 10.5. The molecule has 0 fully saturated rings. The van der Waals surface area contributed by atoms with Gasteiger partial charge in [0.2, 0.25) is 0 Å². The Morgan fingerprint density at radius 1 is 1.73 bits per heavy atom. The predicted octanol–water partition coefficient (Wildman–Crippen LogP) is 2.49. The minimum atomic E-state index is -0.659. The van der Waals surface area contributed by atoms with Crippen molar-refractivity contribution >= 4 is 29.5 Å². The van der Waals surface area contributed by atoms with Gasteiger partial charge in [-0.25, -0.2) is 0 Å². The van der Waals surface area contributed by atoms with Gasteiger partial charge in [-0.2, -0.15) is 0 Å². The molecule has 2 unspecified atom stereocenters. The van der Waals surface area contributed by atoms with Crippen molar-refractivity contribution in [2.24, 2.45) is 5.92 Å². The van der Waals surface area contributed by atoms with Gasteiger partial charge in [0.25, 0.3) is 0 Å². The summed E-state index contributed by atoms with van der Waals surface area (Å²) in [6.07, 6.45) is 5.98. The van der Waals surface area contributed by atoms with Gasteiger partial charge in [-0.3, -0.25) is 0 Å². The van der Waals surface area contributed by atoms with Gasteiger partial charge in [-0.05, 0) is 13.0 Å². The molecule has 0 aliphatic heterocycles. The summed E-state index contributed by atoms with van der Waals surface area (Å²) in [6.45, 7) is 1.76. The highest BCUT2D eigenvalue weighted by Gasteiger charge is 2.33. The molecular weight excluding hydrogens is 183 g/mol. The van der Waals surface area contributed by atoms with Gasteiger partial charge in [0.1, 0.15) is 6.29 Å². The molecule has 0 amide bonds. The first-order chi connectivity index (χ1) is 5.08. The second-order valence-corrected chi connectivity index (χ2v) is 3.93. The van der Waals surface area contributed by atoms with Crippen LogP contribution in [0.4, 0.5) is 0 Å². The molecule has 1 rings (SSSR count). The Bertz CT molecular complexity index is 228. The van der Waals surface area contributed by atoms with E-state index in [0.29, 0.717) is 5.03 Å². The van der Waals surface area contributed by atoms with Gasteiger partial charge in [-0.15, -0.1) is 11.6 Å². The first-order valence-electron chi connectivity index (χ1n) is 3.27. The fraction of sp³-hybridized carbons (Fsp3) is 0.375. The third-order valence-electron chi connectivity index (χ3n) is 1.72. The van der Waals surface area contributed by atoms with Gasteiger partial charge >= 0.3 is 0 Å². The molecule has 0 saturated heterocycles. The molecule has 0 aromatic carbocycles. The number of carbonyl (C=O) groups is 1. The van der Waals surface area contributed by atoms with E-state index in [1.165, 1.54) is 0 Å². The lowest BCUT2D eigenvalue weighted by Crippen LogP contribution is -2.29. The molecule has 0 heterocycles. The third kappa shape index (κ3) is 1.66. The van der Waals surface area contributed by atoms with E-state index in [1.54, 1.807) is 25.2 Å². The predicted molar refractivity (Wildman–Crippen MR) is 46.9 cm³/mol. The number of hydrogen-bond donors (Lipinski definition) is 0. The fourth-order valence-electron chi connectivity index (χ4n) is 1.00. The van der Waals surface area contributed by atoms with Gasteiger partial charge in [-0.1, -0.05) is 23.8 Å². The average Bonchev–Trinajstić information content (AvgIpc) is 1.86. The molecule has 60 valence electrons. The first kappa shape index (κ1) is 8.82. The third-order valence-corrected chi connectivity index (χ3v) is 2.44. The van der Waals surface area contributed by atoms with Crippen LogP contribution in [0.2, 0.25) is 0 Å². The summed E-state index contributed by atoms with van der Waals surface area (Å²) in [5.41, 5.74) is 0. The Labute approximate surface area is 75.7 Å². The van der Waals surface area contributed by atoms with Crippen LogP contribution < -0.4 is 0 Å². The van der Waals surface area contributed by atoms with Crippen LogP contribution in [-0.2, 0) is 4.79 Å². The van der Waals surface area contributed by atoms with E-state index in [-0.39, 0.29) is 0 Å². The van der Waals surface area contributed by atoms with Crippen molar-refractivity contribution < 1.29 is 4.79 Å². The highest BCUT2D eigenvalue weighted by Crippen LogP contribution is 2.35. The van der Waals surface area contributed by atoms with E-state index >= 15 is 0 Å². The molecule has 0 radical (unpaired) electrons. The molecule has 0 spiro atoms. The summed E-state index contributed by atoms with van der Waals surface area (Å²) >= 11 is 11.8. The number of rotatable bonds is 1. The van der Waals surface area contributed by atoms with Gasteiger partial charge < -0.3 is 4.79 Å². The minimum absolute atomic E-state index is 0.407. The molecule has 0 aromatic heterocycles. The van der Waals surface area contributed by atoms with Crippen molar-refractivity contribution in [2.75, 3.05) is 0 Å². The summed E-state index contributed by atoms with van der Waals surface area (Å²) < 4.78 is 0. The Morgan fingerprint density at radius 2 is 2.36 bits per heavy atom. The molecule has 0 saturated carbocycles. The van der Waals surface area contributed by atoms with Crippen LogP contribution in [-0.4, -0.2) is 11.2 Å². The number of aldehydes is 1. The Kier molecular flexibility index (Phi) is 2.40. The number of carbonyl (C=O) groups excluding carboxylic acids is 1. The summed E-state index contributed by atoms with van der Waals surface area (Å²) in [7, 11) is 0. The summed E-state index contributed by atoms with van der Waals surface area (Å²) in [5, 5.41) is 0.500. The van der Waals surface area contributed by atoms with Crippen LogP contribution >= 0.6 is 23.2 Å². The van der Waals surface area contributed by atoms with Crippen LogP contribution in [0.1, 0.15) is 6.92 Å². The monoisotopic (exact) mass is 190 g/mol. The zero-order valence-corrected chi connectivity index (χ0v) is 7.56. The van der Waals surface area contributed by atoms with Crippen LogP contribution in [0.25, 0.3) is 0 Å². The first-order valence-corrected chi connectivity index (χ1v) is 4.02. The summed E-state index contributed by atoms with van der Waals surface area (Å²) in [6, 6.07) is 0. The molecule has 0 bridgehead atoms. The van der Waals surface area contributed by atoms with Crippen molar-refractivity contribution in [1.29, 1.82) is 0 Å². The lowest BCUT2D eigenvalue weighted by Gasteiger charge is -2.26. The number of allylic oxidation sites excluding steroid dienone is 4. The van der Waals surface area contributed by atoms with E-state index < -0.39 is 10.8 Å². The summed E-state index contributed by atoms with van der Waals surface area (Å²) in [5.74, 6) is -0.407. The molecule has 1 nitrogen and oxygen atoms in total. The number of hydrogen-bond acceptors (Lipinski definition) is 1. The van der Waals surface area contributed by atoms with E-state index in [1.807, 2.05) is 0 Å². The van der Waals surface area contributed by atoms with Gasteiger partial charge in [0.15, 0.2) is 0 Å². The van der Waals surface area contributed by atoms with Crippen molar-refractivity contribution in [2.45, 2.75) is 11.8 Å². The van der Waals surface area contributed by atoms with Gasteiger partial charge in [0.05, 0.1) is 10.8 Å². The molecule has 0 N–H and O–H groups in total. The molecular formula is C8H8Cl2O. The lowest BCUT2D eigenvalue weighted by atomic mass is 9.90. The van der Waals surface area contributed by atoms with E-state index in [0.717, 1.165) is 6.29 Å². The lowest BCUT2D eigenvalue weighted by molar-refractivity contribution is -0.110. The van der Waals surface area contributed by atoms with Crippen molar-refractivity contribution in [3.05, 3.63) is 23.3 Å². The van der Waals surface area contributed by atoms with Crippen molar-refractivity contribution in [1.82, 2.24) is 0 Å². The topological polar surface area (TPSA) is 17.1 Å². The number of alkyl halides is 1. The fourth-order valence-corrected chi connectivity index (χ4v) is 1.65. The van der Waals surface area contributed by atoms with Gasteiger partial charge in [0, 0.05) is 5.03 Å². The van der Waals surface area contributed by atoms with Crippen molar-refractivity contribution in [3.8, 4) is 0 Å². The molecule has 11 heavy (non-hydrogen) atoms. The van der Waals surface area contributed by atoms with E-state index in [4.69, 9.17) is 23.2 Å². The highest BCUT2D eigenvalue weighted by atomic mass is 35.5. The van der Waals surface area contributed by atoms with Crippen LogP contribution in [0, 0.1) is 5.92 Å². The Hall–Kier alpha value is -0.270. The average molecular weight is 191 g/mol. The molecule has 0 aromatic rings. The second-order valence-electron chi connectivity index (χ2n) is 2.68. The molecule has 2 atom stereocenters. The van der Waals surface area contributed by atoms with Crippen LogP contribution in [0.5, 0.6) is 0 Å². The smallest absolute Gasteiger partial charge is 0.130 e. The highest BCUT2D eigenvalue weighted by molar-refractivity contribution is 6.34. The second kappa shape index (κ2) is 3.00. The minimum Gasteiger partial charge on any atom is -0.303 e. The Morgan fingerprint density at radius 3 is 2.73 bits per heavy atom. The Balaban J connectivity index is 2.97. The summed E-state index contributed by atoms with van der Waals surface area (Å²) in [4.78, 5) is 9.88. The van der Waals surface area contributed by atoms with Crippen LogP contribution in [0.3, 0.4) is 0 Å². The SMILES string of the molecule is CC1(Cl)C=CC=C(Cl)C1C=O. The zero-order valence-electron chi connectivity index (χ0n) is 6.05. The van der Waals surface area contributed by atoms with Crippen molar-refractivity contribution in [3.63, 3.8) is 0 Å². The molecule has 3 heteroatoms. The van der Waals surface area contributed by atoms with E-state index in [2.05, 4.69) is 0 Å². The standard InChI is InChI=1S/C8H8Cl2O/c1-8(10)4-2-3-7(9)6(8)5-11/h2-6H,1H3. The zero-order chi connectivity index (χ0) is 8.48. The quantitative estimate of drug-likeness (QED) is 0.459. The number of halogens is 2. The normalized spacial score (nSPS) is 36.6. The maximum Gasteiger partial charge on any atom is 0.130 e. The van der Waals surface area contributed by atoms with Crippen LogP contribution in [0.15, 0.2) is 23.3 Å². The van der Waals surface area contributed by atoms with E-state index in [9.17, 15) is 4.79 Å². The largest absolute Gasteiger partial charge is 0.303 e.